The summed E-state index contributed by atoms with van der Waals surface area (Å²) in [5.74, 6) is 0. The molecule has 0 spiro atoms. The molecule has 0 aromatic heterocycles. The monoisotopic (exact) mass is 359 g/mol. The Kier molecular flexibility index (Phi) is 6.92. The third-order valence-electron chi connectivity index (χ3n) is 3.99. The zero-order chi connectivity index (χ0) is 18.3. The Morgan fingerprint density at radius 3 is 2.60 bits per heavy atom. The van der Waals surface area contributed by atoms with Gasteiger partial charge < -0.3 is 20.3 Å². The minimum absolute atomic E-state index is 0.157. The van der Waals surface area contributed by atoms with E-state index in [0.29, 0.717) is 38.5 Å². The zero-order valence-electron chi connectivity index (χ0n) is 14.3. The van der Waals surface area contributed by atoms with Crippen molar-refractivity contribution in [3.05, 3.63) is 23.8 Å². The van der Waals surface area contributed by atoms with Crippen LogP contribution in [0, 0.1) is 0 Å². The van der Waals surface area contributed by atoms with Gasteiger partial charge in [0, 0.05) is 19.6 Å². The van der Waals surface area contributed by atoms with Gasteiger partial charge in [0.25, 0.3) is 0 Å². The molecular formula is C17H24F3N3O2. The summed E-state index contributed by atoms with van der Waals surface area (Å²) in [6.07, 6.45) is -1.61. The van der Waals surface area contributed by atoms with Crippen molar-refractivity contribution in [2.75, 3.05) is 43.1 Å². The van der Waals surface area contributed by atoms with Crippen LogP contribution in [0.3, 0.4) is 0 Å². The molecule has 0 unspecified atom stereocenters. The molecule has 2 N–H and O–H groups in total. The van der Waals surface area contributed by atoms with Crippen LogP contribution in [0.5, 0.6) is 0 Å². The van der Waals surface area contributed by atoms with Crippen LogP contribution in [0.1, 0.15) is 31.7 Å². The molecule has 1 saturated heterocycles. The Bertz CT molecular complexity index is 573. The topological polar surface area (TPSA) is 53.6 Å². The van der Waals surface area contributed by atoms with Crippen LogP contribution in [0.4, 0.5) is 29.3 Å². The smallest absolute Gasteiger partial charge is 0.378 e. The molecule has 5 nitrogen and oxygen atoms in total. The van der Waals surface area contributed by atoms with Gasteiger partial charge in [-0.25, -0.2) is 4.79 Å². The average molecular weight is 359 g/mol. The highest BCUT2D eigenvalue weighted by molar-refractivity contribution is 5.93. The van der Waals surface area contributed by atoms with Gasteiger partial charge in [-0.1, -0.05) is 19.8 Å². The van der Waals surface area contributed by atoms with Crippen LogP contribution in [0.25, 0.3) is 0 Å². The first kappa shape index (κ1) is 19.4. The van der Waals surface area contributed by atoms with E-state index in [9.17, 15) is 18.0 Å². The quantitative estimate of drug-likeness (QED) is 0.759. The van der Waals surface area contributed by atoms with Crippen molar-refractivity contribution in [3.8, 4) is 0 Å². The molecule has 0 atom stereocenters. The number of alkyl halides is 3. The third-order valence-corrected chi connectivity index (χ3v) is 3.99. The van der Waals surface area contributed by atoms with Gasteiger partial charge >= 0.3 is 12.2 Å². The molecule has 1 aliphatic heterocycles. The number of halogens is 3. The number of nitrogens with one attached hydrogen (secondary N) is 2. The Morgan fingerprint density at radius 2 is 1.96 bits per heavy atom. The maximum absolute atomic E-state index is 13.0. The molecule has 25 heavy (non-hydrogen) atoms. The Morgan fingerprint density at radius 1 is 1.24 bits per heavy atom. The molecule has 1 aromatic rings. The number of hydrogen-bond acceptors (Lipinski definition) is 3. The van der Waals surface area contributed by atoms with Crippen molar-refractivity contribution in [3.63, 3.8) is 0 Å². The van der Waals surface area contributed by atoms with Crippen molar-refractivity contribution in [1.82, 2.24) is 5.32 Å². The number of urea groups is 1. The van der Waals surface area contributed by atoms with Gasteiger partial charge in [0.1, 0.15) is 0 Å². The van der Waals surface area contributed by atoms with Crippen molar-refractivity contribution >= 4 is 17.4 Å². The lowest BCUT2D eigenvalue weighted by Crippen LogP contribution is -2.37. The molecule has 0 aliphatic carbocycles. The van der Waals surface area contributed by atoms with Crippen molar-refractivity contribution in [1.29, 1.82) is 0 Å². The summed E-state index contributed by atoms with van der Waals surface area (Å²) in [7, 11) is 0. The second-order valence-corrected chi connectivity index (χ2v) is 5.92. The first-order valence-electron chi connectivity index (χ1n) is 8.50. The molecule has 1 aliphatic rings. The third kappa shape index (κ3) is 5.81. The Balaban J connectivity index is 2.14. The second-order valence-electron chi connectivity index (χ2n) is 5.92. The number of carbonyl (C=O) groups is 1. The van der Waals surface area contributed by atoms with E-state index >= 15 is 0 Å². The number of morpholine rings is 1. The molecule has 1 aromatic carbocycles. The van der Waals surface area contributed by atoms with Crippen LogP contribution < -0.4 is 15.5 Å². The van der Waals surface area contributed by atoms with Gasteiger partial charge in [-0.05, 0) is 24.6 Å². The maximum Gasteiger partial charge on any atom is 0.416 e. The predicted octanol–water partition coefficient (Wildman–Crippen LogP) is 3.85. The maximum atomic E-state index is 13.0. The second kappa shape index (κ2) is 8.94. The molecular weight excluding hydrogens is 335 g/mol. The van der Waals surface area contributed by atoms with Crippen LogP contribution in [-0.4, -0.2) is 38.9 Å². The van der Waals surface area contributed by atoms with Gasteiger partial charge in [0.05, 0.1) is 30.2 Å². The van der Waals surface area contributed by atoms with E-state index in [-0.39, 0.29) is 5.69 Å². The highest BCUT2D eigenvalue weighted by Crippen LogP contribution is 2.35. The van der Waals surface area contributed by atoms with Gasteiger partial charge in [-0.15, -0.1) is 0 Å². The van der Waals surface area contributed by atoms with E-state index in [1.54, 1.807) is 0 Å². The Hall–Kier alpha value is -1.96. The number of carbonyl (C=O) groups excluding carboxylic acids is 1. The first-order chi connectivity index (χ1) is 11.9. The normalized spacial score (nSPS) is 15.1. The van der Waals surface area contributed by atoms with Crippen LogP contribution in [-0.2, 0) is 10.9 Å². The molecule has 0 radical (unpaired) electrons. The lowest BCUT2D eigenvalue weighted by molar-refractivity contribution is -0.137. The Labute approximate surface area is 145 Å². The summed E-state index contributed by atoms with van der Waals surface area (Å²) in [5.41, 5.74) is -0.0597. The molecule has 2 amide bonds. The number of unbranched alkanes of at least 4 members (excludes halogenated alkanes) is 2. The standard InChI is InChI=1S/C17H24F3N3O2/c1-2-3-4-7-21-16(24)22-14-12-13(17(18,19)20)5-6-15(14)23-8-10-25-11-9-23/h5-6,12H,2-4,7-11H2,1H3,(H2,21,22,24). The summed E-state index contributed by atoms with van der Waals surface area (Å²) < 4.78 is 44.3. The van der Waals surface area contributed by atoms with Gasteiger partial charge in [-0.3, -0.25) is 0 Å². The summed E-state index contributed by atoms with van der Waals surface area (Å²) in [4.78, 5) is 13.9. The number of amides is 2. The SMILES string of the molecule is CCCCCNC(=O)Nc1cc(C(F)(F)F)ccc1N1CCOCC1. The number of rotatable bonds is 6. The number of nitrogens with zero attached hydrogens (tertiary/aromatic N) is 1. The molecule has 140 valence electrons. The number of hydrogen-bond donors (Lipinski definition) is 2. The van der Waals surface area contributed by atoms with Crippen molar-refractivity contribution in [2.45, 2.75) is 32.4 Å². The lowest BCUT2D eigenvalue weighted by Gasteiger charge is -2.31. The fraction of sp³-hybridized carbons (Fsp3) is 0.588. The fourth-order valence-corrected chi connectivity index (χ4v) is 2.64. The summed E-state index contributed by atoms with van der Waals surface area (Å²) in [5, 5.41) is 5.24. The van der Waals surface area contributed by atoms with E-state index in [1.165, 1.54) is 6.07 Å². The van der Waals surface area contributed by atoms with Crippen molar-refractivity contribution in [2.24, 2.45) is 0 Å². The van der Waals surface area contributed by atoms with Crippen LogP contribution in [0.15, 0.2) is 18.2 Å². The minimum Gasteiger partial charge on any atom is -0.378 e. The first-order valence-corrected chi connectivity index (χ1v) is 8.50. The zero-order valence-corrected chi connectivity index (χ0v) is 14.3. The fourth-order valence-electron chi connectivity index (χ4n) is 2.64. The van der Waals surface area contributed by atoms with Gasteiger partial charge in [0.2, 0.25) is 0 Å². The summed E-state index contributed by atoms with van der Waals surface area (Å²) in [6.45, 7) is 4.69. The number of ether oxygens (including phenoxy) is 1. The van der Waals surface area contributed by atoms with E-state index in [4.69, 9.17) is 4.74 Å². The highest BCUT2D eigenvalue weighted by Gasteiger charge is 2.31. The summed E-state index contributed by atoms with van der Waals surface area (Å²) in [6, 6.07) is 2.93. The molecule has 1 heterocycles. The summed E-state index contributed by atoms with van der Waals surface area (Å²) >= 11 is 0. The number of anilines is 2. The molecule has 8 heteroatoms. The molecule has 2 rings (SSSR count). The number of benzene rings is 1. The largest absolute Gasteiger partial charge is 0.416 e. The minimum atomic E-state index is -4.46. The molecule has 0 saturated carbocycles. The van der Waals surface area contributed by atoms with Gasteiger partial charge in [0.15, 0.2) is 0 Å². The molecule has 1 fully saturated rings. The van der Waals surface area contributed by atoms with Crippen molar-refractivity contribution < 1.29 is 22.7 Å². The average Bonchev–Trinajstić information content (AvgIpc) is 2.59. The highest BCUT2D eigenvalue weighted by atomic mass is 19.4. The van der Waals surface area contributed by atoms with Crippen LogP contribution in [0.2, 0.25) is 0 Å². The van der Waals surface area contributed by atoms with E-state index in [0.717, 1.165) is 31.4 Å². The van der Waals surface area contributed by atoms with Gasteiger partial charge in [-0.2, -0.15) is 13.2 Å². The van der Waals surface area contributed by atoms with E-state index in [2.05, 4.69) is 17.6 Å². The molecule has 0 bridgehead atoms. The van der Waals surface area contributed by atoms with Crippen LogP contribution >= 0.6 is 0 Å². The van der Waals surface area contributed by atoms with E-state index in [1.807, 2.05) is 4.90 Å². The predicted molar refractivity (Wildman–Crippen MR) is 91.0 cm³/mol. The van der Waals surface area contributed by atoms with E-state index < -0.39 is 17.8 Å². The lowest BCUT2D eigenvalue weighted by atomic mass is 10.1.